The fourth-order valence-corrected chi connectivity index (χ4v) is 5.35. The minimum absolute atomic E-state index is 0.00645. The minimum atomic E-state index is -1.02. The second-order valence-electron chi connectivity index (χ2n) is 10.8. The maximum Gasteiger partial charge on any atom is 0.407 e. The molecule has 2 aliphatic rings. The van der Waals surface area contributed by atoms with Gasteiger partial charge >= 0.3 is 12.1 Å². The van der Waals surface area contributed by atoms with Crippen LogP contribution in [-0.4, -0.2) is 53.7 Å². The van der Waals surface area contributed by atoms with Gasteiger partial charge in [0.2, 0.25) is 5.91 Å². The Hall–Kier alpha value is -3.35. The van der Waals surface area contributed by atoms with Crippen molar-refractivity contribution in [3.63, 3.8) is 0 Å². The van der Waals surface area contributed by atoms with Crippen LogP contribution in [0.1, 0.15) is 57.1 Å². The summed E-state index contributed by atoms with van der Waals surface area (Å²) in [5.74, 6) is -1.48. The van der Waals surface area contributed by atoms with Crippen molar-refractivity contribution in [3.05, 3.63) is 59.7 Å². The molecule has 2 amide bonds. The van der Waals surface area contributed by atoms with Gasteiger partial charge in [-0.1, -0.05) is 69.3 Å². The number of carboxylic acids is 1. The van der Waals surface area contributed by atoms with E-state index in [4.69, 9.17) is 4.74 Å². The first-order chi connectivity index (χ1) is 16.6. The molecule has 1 saturated carbocycles. The van der Waals surface area contributed by atoms with Gasteiger partial charge in [-0.15, -0.1) is 0 Å². The molecule has 2 aliphatic carbocycles. The topological polar surface area (TPSA) is 95.9 Å². The fourth-order valence-electron chi connectivity index (χ4n) is 5.35. The molecule has 0 unspecified atom stereocenters. The Labute approximate surface area is 206 Å². The SMILES string of the molecule is CC(C)(C)CN(CC(=O)O)C(=O)[C@@H]1CC[C@H](NC(=O)OCC2c3ccccc3-c3ccccc32)C1. The molecule has 2 aromatic carbocycles. The van der Waals surface area contributed by atoms with Crippen molar-refractivity contribution in [1.82, 2.24) is 10.2 Å². The van der Waals surface area contributed by atoms with Gasteiger partial charge in [-0.05, 0) is 46.9 Å². The van der Waals surface area contributed by atoms with Crippen LogP contribution in [0.25, 0.3) is 11.1 Å². The van der Waals surface area contributed by atoms with Crippen LogP contribution in [0.3, 0.4) is 0 Å². The molecular weight excluding hydrogens is 444 g/mol. The Morgan fingerprint density at radius 1 is 1.00 bits per heavy atom. The fraction of sp³-hybridized carbons (Fsp3) is 0.464. The maximum atomic E-state index is 13.0. The highest BCUT2D eigenvalue weighted by Gasteiger charge is 2.36. The number of rotatable bonds is 7. The van der Waals surface area contributed by atoms with Crippen molar-refractivity contribution in [2.24, 2.45) is 11.3 Å². The molecule has 35 heavy (non-hydrogen) atoms. The van der Waals surface area contributed by atoms with Gasteiger partial charge in [-0.3, -0.25) is 9.59 Å². The van der Waals surface area contributed by atoms with Crippen LogP contribution in [0.15, 0.2) is 48.5 Å². The van der Waals surface area contributed by atoms with Gasteiger partial charge < -0.3 is 20.1 Å². The van der Waals surface area contributed by atoms with Crippen LogP contribution in [0.2, 0.25) is 0 Å². The van der Waals surface area contributed by atoms with E-state index in [0.717, 1.165) is 11.1 Å². The average molecular weight is 479 g/mol. The standard InChI is InChI=1S/C28H34N2O5/c1-28(2,3)17-30(15-25(31)32)26(33)18-12-13-19(14-18)29-27(34)35-16-24-22-10-6-4-8-20(22)21-9-5-7-11-23(21)24/h4-11,18-19,24H,12-17H2,1-3H3,(H,29,34)(H,31,32)/t18-,19+/m1/s1. The van der Waals surface area contributed by atoms with Gasteiger partial charge in [-0.25, -0.2) is 4.79 Å². The summed E-state index contributed by atoms with van der Waals surface area (Å²) in [6.45, 7) is 6.24. The molecule has 0 spiro atoms. The zero-order valence-corrected chi connectivity index (χ0v) is 20.6. The summed E-state index contributed by atoms with van der Waals surface area (Å²) in [5, 5.41) is 12.2. The molecule has 4 rings (SSSR count). The molecule has 2 aromatic rings. The molecule has 2 atom stereocenters. The molecule has 0 heterocycles. The number of alkyl carbamates (subject to hydrolysis) is 1. The van der Waals surface area contributed by atoms with E-state index in [9.17, 15) is 19.5 Å². The number of benzene rings is 2. The molecule has 0 bridgehead atoms. The quantitative estimate of drug-likeness (QED) is 0.604. The van der Waals surface area contributed by atoms with Crippen molar-refractivity contribution in [1.29, 1.82) is 0 Å². The van der Waals surface area contributed by atoms with Gasteiger partial charge in [0.15, 0.2) is 0 Å². The van der Waals surface area contributed by atoms with E-state index in [2.05, 4.69) is 29.6 Å². The highest BCUT2D eigenvalue weighted by Crippen LogP contribution is 2.44. The predicted molar refractivity (Wildman–Crippen MR) is 133 cm³/mol. The lowest BCUT2D eigenvalue weighted by Gasteiger charge is -2.30. The number of carbonyl (C=O) groups is 3. The number of carboxylic acid groups (broad SMARTS) is 1. The van der Waals surface area contributed by atoms with E-state index in [1.807, 2.05) is 45.0 Å². The molecular formula is C28H34N2O5. The number of hydrogen-bond acceptors (Lipinski definition) is 4. The summed E-state index contributed by atoms with van der Waals surface area (Å²) in [6, 6.07) is 16.2. The Balaban J connectivity index is 1.32. The second kappa shape index (κ2) is 10.1. The van der Waals surface area contributed by atoms with Crippen LogP contribution in [0.5, 0.6) is 0 Å². The Kier molecular flexibility index (Phi) is 7.15. The number of nitrogens with zero attached hydrogens (tertiary/aromatic N) is 1. The van der Waals surface area contributed by atoms with Gasteiger partial charge in [0.1, 0.15) is 13.2 Å². The maximum absolute atomic E-state index is 13.0. The van der Waals surface area contributed by atoms with Crippen LogP contribution >= 0.6 is 0 Å². The molecule has 0 aliphatic heterocycles. The number of carbonyl (C=O) groups excluding carboxylic acids is 2. The molecule has 1 fully saturated rings. The Morgan fingerprint density at radius 3 is 2.17 bits per heavy atom. The number of hydrogen-bond donors (Lipinski definition) is 2. The molecule has 0 radical (unpaired) electrons. The highest BCUT2D eigenvalue weighted by molar-refractivity contribution is 5.83. The average Bonchev–Trinajstić information content (AvgIpc) is 3.38. The molecule has 0 saturated heterocycles. The summed E-state index contributed by atoms with van der Waals surface area (Å²) in [7, 11) is 0. The van der Waals surface area contributed by atoms with Crippen LogP contribution < -0.4 is 5.32 Å². The molecule has 186 valence electrons. The van der Waals surface area contributed by atoms with Crippen molar-refractivity contribution < 1.29 is 24.2 Å². The second-order valence-corrected chi connectivity index (χ2v) is 10.8. The van der Waals surface area contributed by atoms with Crippen LogP contribution in [0.4, 0.5) is 4.79 Å². The lowest BCUT2D eigenvalue weighted by atomic mass is 9.95. The lowest BCUT2D eigenvalue weighted by Crippen LogP contribution is -2.44. The van der Waals surface area contributed by atoms with Crippen molar-refractivity contribution in [2.75, 3.05) is 19.7 Å². The zero-order valence-electron chi connectivity index (χ0n) is 20.6. The van der Waals surface area contributed by atoms with Crippen molar-refractivity contribution in [2.45, 2.75) is 52.0 Å². The minimum Gasteiger partial charge on any atom is -0.480 e. The molecule has 7 heteroatoms. The van der Waals surface area contributed by atoms with E-state index in [1.54, 1.807) is 0 Å². The van der Waals surface area contributed by atoms with Crippen LogP contribution in [0, 0.1) is 11.3 Å². The first-order valence-electron chi connectivity index (χ1n) is 12.2. The van der Waals surface area contributed by atoms with Gasteiger partial charge in [-0.2, -0.15) is 0 Å². The first kappa shape index (κ1) is 24.8. The van der Waals surface area contributed by atoms with E-state index >= 15 is 0 Å². The van der Waals surface area contributed by atoms with E-state index in [0.29, 0.717) is 25.8 Å². The first-order valence-corrected chi connectivity index (χ1v) is 12.2. The molecule has 7 nitrogen and oxygen atoms in total. The predicted octanol–water partition coefficient (Wildman–Crippen LogP) is 4.65. The summed E-state index contributed by atoms with van der Waals surface area (Å²) in [6.07, 6.45) is 1.29. The number of fused-ring (bicyclic) bond motifs is 3. The third-order valence-electron chi connectivity index (χ3n) is 6.75. The summed E-state index contributed by atoms with van der Waals surface area (Å²) < 4.78 is 5.64. The number of aliphatic carboxylic acids is 1. The number of ether oxygens (including phenoxy) is 1. The summed E-state index contributed by atoms with van der Waals surface area (Å²) in [4.78, 5) is 38.4. The highest BCUT2D eigenvalue weighted by atomic mass is 16.5. The van der Waals surface area contributed by atoms with E-state index in [-0.39, 0.29) is 42.4 Å². The van der Waals surface area contributed by atoms with E-state index in [1.165, 1.54) is 16.0 Å². The van der Waals surface area contributed by atoms with Gasteiger partial charge in [0.05, 0.1) is 0 Å². The lowest BCUT2D eigenvalue weighted by molar-refractivity contribution is -0.147. The third kappa shape index (κ3) is 5.84. The monoisotopic (exact) mass is 478 g/mol. The normalized spacial score (nSPS) is 19.1. The van der Waals surface area contributed by atoms with Gasteiger partial charge in [0, 0.05) is 24.4 Å². The largest absolute Gasteiger partial charge is 0.480 e. The van der Waals surface area contributed by atoms with Gasteiger partial charge in [0.25, 0.3) is 0 Å². The van der Waals surface area contributed by atoms with Crippen LogP contribution in [-0.2, 0) is 14.3 Å². The summed E-state index contributed by atoms with van der Waals surface area (Å²) in [5.41, 5.74) is 4.46. The van der Waals surface area contributed by atoms with Crippen molar-refractivity contribution in [3.8, 4) is 11.1 Å². The van der Waals surface area contributed by atoms with E-state index < -0.39 is 12.1 Å². The zero-order chi connectivity index (χ0) is 25.2. The number of nitrogens with one attached hydrogen (secondary N) is 1. The molecule has 2 N–H and O–H groups in total. The number of amides is 2. The smallest absolute Gasteiger partial charge is 0.407 e. The third-order valence-corrected chi connectivity index (χ3v) is 6.75. The van der Waals surface area contributed by atoms with Crippen molar-refractivity contribution >= 4 is 18.0 Å². The summed E-state index contributed by atoms with van der Waals surface area (Å²) >= 11 is 0. The Morgan fingerprint density at radius 2 is 1.60 bits per heavy atom. The Bertz CT molecular complexity index is 1060. The molecule has 0 aromatic heterocycles.